The molecule has 1 heterocycles. The maximum absolute atomic E-state index is 3.53. The molecule has 0 saturated heterocycles. The highest BCUT2D eigenvalue weighted by atomic mass is 79.9. The quantitative estimate of drug-likeness (QED) is 0.847. The average Bonchev–Trinajstić information content (AvgIpc) is 2.59. The van der Waals surface area contributed by atoms with Gasteiger partial charge in [0.25, 0.3) is 0 Å². The fourth-order valence-corrected chi connectivity index (χ4v) is 2.27. The SMILES string of the molecule is CNC(C)C1Cc2cc(Br)ccc2N1. The molecular weight excluding hydrogens is 240 g/mol. The number of nitrogens with one attached hydrogen (secondary N) is 2. The molecule has 0 saturated carbocycles. The van der Waals surface area contributed by atoms with Gasteiger partial charge in [-0.25, -0.2) is 0 Å². The van der Waals surface area contributed by atoms with Gasteiger partial charge in [-0.15, -0.1) is 0 Å². The van der Waals surface area contributed by atoms with Crippen LogP contribution in [0.2, 0.25) is 0 Å². The van der Waals surface area contributed by atoms with Crippen LogP contribution >= 0.6 is 15.9 Å². The van der Waals surface area contributed by atoms with Crippen molar-refractivity contribution in [3.05, 3.63) is 28.2 Å². The van der Waals surface area contributed by atoms with E-state index in [1.807, 2.05) is 7.05 Å². The van der Waals surface area contributed by atoms with Gasteiger partial charge >= 0.3 is 0 Å². The molecule has 2 rings (SSSR count). The number of likely N-dealkylation sites (N-methyl/N-ethyl adjacent to an activating group) is 1. The lowest BCUT2D eigenvalue weighted by atomic mass is 10.1. The van der Waals surface area contributed by atoms with E-state index in [-0.39, 0.29) is 0 Å². The first-order valence-electron chi connectivity index (χ1n) is 4.93. The molecule has 1 aliphatic rings. The number of hydrogen-bond donors (Lipinski definition) is 2. The van der Waals surface area contributed by atoms with Crippen molar-refractivity contribution in [1.29, 1.82) is 0 Å². The minimum absolute atomic E-state index is 0.501. The molecule has 1 aromatic carbocycles. The third-order valence-corrected chi connectivity index (χ3v) is 3.40. The molecule has 0 bridgehead atoms. The van der Waals surface area contributed by atoms with Crippen LogP contribution in [0.4, 0.5) is 5.69 Å². The molecule has 2 unspecified atom stereocenters. The molecule has 1 aliphatic heterocycles. The Bertz CT molecular complexity index is 338. The normalized spacial score (nSPS) is 21.5. The van der Waals surface area contributed by atoms with Crippen molar-refractivity contribution in [3.63, 3.8) is 0 Å². The van der Waals surface area contributed by atoms with Crippen molar-refractivity contribution < 1.29 is 0 Å². The van der Waals surface area contributed by atoms with E-state index in [0.29, 0.717) is 12.1 Å². The van der Waals surface area contributed by atoms with E-state index in [4.69, 9.17) is 0 Å². The van der Waals surface area contributed by atoms with E-state index >= 15 is 0 Å². The van der Waals surface area contributed by atoms with Crippen LogP contribution in [-0.2, 0) is 6.42 Å². The van der Waals surface area contributed by atoms with E-state index in [0.717, 1.165) is 10.9 Å². The maximum Gasteiger partial charge on any atom is 0.0452 e. The van der Waals surface area contributed by atoms with Crippen molar-refractivity contribution in [1.82, 2.24) is 5.32 Å². The molecular formula is C11H15BrN2. The zero-order valence-electron chi connectivity index (χ0n) is 8.47. The fourth-order valence-electron chi connectivity index (χ4n) is 1.86. The Morgan fingerprint density at radius 1 is 1.57 bits per heavy atom. The van der Waals surface area contributed by atoms with Crippen LogP contribution in [0.1, 0.15) is 12.5 Å². The summed E-state index contributed by atoms with van der Waals surface area (Å²) in [6.45, 7) is 2.21. The Labute approximate surface area is 93.2 Å². The average molecular weight is 255 g/mol. The van der Waals surface area contributed by atoms with Gasteiger partial charge in [-0.3, -0.25) is 0 Å². The van der Waals surface area contributed by atoms with Gasteiger partial charge in [0.05, 0.1) is 0 Å². The molecule has 1 aromatic rings. The van der Waals surface area contributed by atoms with Crippen LogP contribution in [0.15, 0.2) is 22.7 Å². The van der Waals surface area contributed by atoms with E-state index < -0.39 is 0 Å². The standard InChI is InChI=1S/C11H15BrN2/c1-7(13-2)11-6-8-5-9(12)3-4-10(8)14-11/h3-5,7,11,13-14H,6H2,1-2H3. The third kappa shape index (κ3) is 1.79. The second kappa shape index (κ2) is 3.91. The van der Waals surface area contributed by atoms with Crippen molar-refractivity contribution in [2.24, 2.45) is 0 Å². The smallest absolute Gasteiger partial charge is 0.0452 e. The Morgan fingerprint density at radius 2 is 2.36 bits per heavy atom. The van der Waals surface area contributed by atoms with Crippen molar-refractivity contribution in [2.45, 2.75) is 25.4 Å². The number of benzene rings is 1. The second-order valence-corrected chi connectivity index (χ2v) is 4.75. The number of hydrogen-bond acceptors (Lipinski definition) is 2. The first-order valence-corrected chi connectivity index (χ1v) is 5.72. The lowest BCUT2D eigenvalue weighted by Gasteiger charge is -2.18. The van der Waals surface area contributed by atoms with Crippen LogP contribution in [-0.4, -0.2) is 19.1 Å². The molecule has 2 N–H and O–H groups in total. The molecule has 3 heteroatoms. The van der Waals surface area contributed by atoms with E-state index in [1.54, 1.807) is 0 Å². The lowest BCUT2D eigenvalue weighted by Crippen LogP contribution is -2.38. The Balaban J connectivity index is 2.17. The molecule has 76 valence electrons. The zero-order valence-corrected chi connectivity index (χ0v) is 10.1. The Kier molecular flexibility index (Phi) is 2.79. The molecule has 0 aliphatic carbocycles. The number of fused-ring (bicyclic) bond motifs is 1. The van der Waals surface area contributed by atoms with Gasteiger partial charge in [-0.2, -0.15) is 0 Å². The van der Waals surface area contributed by atoms with Gasteiger partial charge in [0.2, 0.25) is 0 Å². The second-order valence-electron chi connectivity index (χ2n) is 3.83. The summed E-state index contributed by atoms with van der Waals surface area (Å²) in [7, 11) is 2.01. The monoisotopic (exact) mass is 254 g/mol. The zero-order chi connectivity index (χ0) is 10.1. The minimum Gasteiger partial charge on any atom is -0.380 e. The predicted molar refractivity (Wildman–Crippen MR) is 63.8 cm³/mol. The highest BCUT2D eigenvalue weighted by Crippen LogP contribution is 2.29. The number of anilines is 1. The summed E-state index contributed by atoms with van der Waals surface area (Å²) >= 11 is 3.50. The summed E-state index contributed by atoms with van der Waals surface area (Å²) in [5.74, 6) is 0. The van der Waals surface area contributed by atoms with Gasteiger partial charge in [-0.05, 0) is 44.2 Å². The first-order chi connectivity index (χ1) is 6.70. The van der Waals surface area contributed by atoms with Crippen LogP contribution in [0.25, 0.3) is 0 Å². The Hall–Kier alpha value is -0.540. The van der Waals surface area contributed by atoms with Crippen LogP contribution < -0.4 is 10.6 Å². The molecule has 0 radical (unpaired) electrons. The summed E-state index contributed by atoms with van der Waals surface area (Å²) in [5.41, 5.74) is 2.69. The molecule has 0 aromatic heterocycles. The minimum atomic E-state index is 0.501. The highest BCUT2D eigenvalue weighted by Gasteiger charge is 2.24. The van der Waals surface area contributed by atoms with Crippen molar-refractivity contribution in [3.8, 4) is 0 Å². The summed E-state index contributed by atoms with van der Waals surface area (Å²) in [6, 6.07) is 7.44. The number of halogens is 1. The number of rotatable bonds is 2. The van der Waals surface area contributed by atoms with Crippen molar-refractivity contribution >= 4 is 21.6 Å². The predicted octanol–water partition coefficient (Wildman–Crippen LogP) is 2.39. The molecule has 14 heavy (non-hydrogen) atoms. The fraction of sp³-hybridized carbons (Fsp3) is 0.455. The van der Waals surface area contributed by atoms with Gasteiger partial charge in [0, 0.05) is 22.2 Å². The van der Waals surface area contributed by atoms with Crippen LogP contribution in [0.5, 0.6) is 0 Å². The first kappa shape index (κ1) is 9.99. The van der Waals surface area contributed by atoms with Crippen molar-refractivity contribution in [2.75, 3.05) is 12.4 Å². The largest absolute Gasteiger partial charge is 0.380 e. The van der Waals surface area contributed by atoms with Gasteiger partial charge in [-0.1, -0.05) is 15.9 Å². The Morgan fingerprint density at radius 3 is 3.07 bits per heavy atom. The molecule has 2 atom stereocenters. The molecule has 0 spiro atoms. The van der Waals surface area contributed by atoms with Crippen LogP contribution in [0.3, 0.4) is 0 Å². The third-order valence-electron chi connectivity index (χ3n) is 2.91. The maximum atomic E-state index is 3.53. The van der Waals surface area contributed by atoms with Gasteiger partial charge < -0.3 is 10.6 Å². The van der Waals surface area contributed by atoms with Crippen LogP contribution in [0, 0.1) is 0 Å². The van der Waals surface area contributed by atoms with Gasteiger partial charge in [0.15, 0.2) is 0 Å². The summed E-state index contributed by atoms with van der Waals surface area (Å²) in [6.07, 6.45) is 1.11. The van der Waals surface area contributed by atoms with E-state index in [2.05, 4.69) is 51.7 Å². The van der Waals surface area contributed by atoms with Gasteiger partial charge in [0.1, 0.15) is 0 Å². The topological polar surface area (TPSA) is 24.1 Å². The summed E-state index contributed by atoms with van der Waals surface area (Å²) in [5, 5.41) is 6.81. The molecule has 2 nitrogen and oxygen atoms in total. The lowest BCUT2D eigenvalue weighted by molar-refractivity contribution is 0.527. The van der Waals surface area contributed by atoms with E-state index in [9.17, 15) is 0 Å². The summed E-state index contributed by atoms with van der Waals surface area (Å²) < 4.78 is 1.16. The molecule has 0 amide bonds. The van der Waals surface area contributed by atoms with E-state index in [1.165, 1.54) is 11.3 Å². The highest BCUT2D eigenvalue weighted by molar-refractivity contribution is 9.10. The molecule has 0 fully saturated rings. The summed E-state index contributed by atoms with van der Waals surface area (Å²) in [4.78, 5) is 0.